The van der Waals surface area contributed by atoms with Crippen molar-refractivity contribution in [3.63, 3.8) is 0 Å². The Morgan fingerprint density at radius 3 is 1.63 bits per heavy atom. The fraction of sp³-hybridized carbons (Fsp3) is 0.0769. The Balaban J connectivity index is 1.23. The summed E-state index contributed by atoms with van der Waals surface area (Å²) in [4.78, 5) is 9.62. The van der Waals surface area contributed by atoms with Gasteiger partial charge in [-0.15, -0.1) is 0 Å². The van der Waals surface area contributed by atoms with Crippen molar-refractivity contribution >= 4 is 33.0 Å². The van der Waals surface area contributed by atoms with Crippen molar-refractivity contribution in [2.24, 2.45) is 0 Å². The predicted octanol–water partition coefficient (Wildman–Crippen LogP) is 10.4. The van der Waals surface area contributed by atoms with Crippen molar-refractivity contribution in [3.05, 3.63) is 132 Å². The maximum atomic E-state index is 6.22. The first kappa shape index (κ1) is 24.2. The lowest BCUT2D eigenvalue weighted by Gasteiger charge is -2.22. The van der Waals surface area contributed by atoms with Crippen LogP contribution in [0, 0.1) is 0 Å². The molecule has 1 aliphatic rings. The van der Waals surface area contributed by atoms with E-state index in [1.165, 1.54) is 33.0 Å². The first-order chi connectivity index (χ1) is 21.0. The fourth-order valence-electron chi connectivity index (χ4n) is 6.63. The molecule has 6 aromatic carbocycles. The fourth-order valence-corrected chi connectivity index (χ4v) is 6.63. The van der Waals surface area contributed by atoms with Crippen LogP contribution in [-0.4, -0.2) is 9.97 Å². The number of oxazole rings is 2. The van der Waals surface area contributed by atoms with Crippen molar-refractivity contribution in [1.29, 1.82) is 0 Å². The Hall–Kier alpha value is -5.48. The molecule has 0 unspecified atom stereocenters. The Morgan fingerprint density at radius 1 is 0.465 bits per heavy atom. The molecule has 0 amide bonds. The van der Waals surface area contributed by atoms with E-state index in [2.05, 4.69) is 86.6 Å². The average Bonchev–Trinajstić information content (AvgIpc) is 3.73. The number of hydrogen-bond acceptors (Lipinski definition) is 4. The minimum atomic E-state index is -0.133. The molecule has 1 aliphatic carbocycles. The molecule has 0 radical (unpaired) electrons. The summed E-state index contributed by atoms with van der Waals surface area (Å²) < 4.78 is 12.4. The van der Waals surface area contributed by atoms with Crippen molar-refractivity contribution in [2.45, 2.75) is 19.3 Å². The minimum absolute atomic E-state index is 0.133. The van der Waals surface area contributed by atoms with E-state index in [4.69, 9.17) is 18.8 Å². The van der Waals surface area contributed by atoms with Gasteiger partial charge in [-0.3, -0.25) is 0 Å². The minimum Gasteiger partial charge on any atom is -0.436 e. The molecule has 0 bridgehead atoms. The Morgan fingerprint density at radius 2 is 1.00 bits per heavy atom. The van der Waals surface area contributed by atoms with E-state index < -0.39 is 0 Å². The zero-order chi connectivity index (χ0) is 28.7. The smallest absolute Gasteiger partial charge is 0.227 e. The molecule has 0 atom stereocenters. The summed E-state index contributed by atoms with van der Waals surface area (Å²) in [6.45, 7) is 4.66. The number of benzene rings is 6. The van der Waals surface area contributed by atoms with Crippen molar-refractivity contribution in [2.75, 3.05) is 0 Å². The predicted molar refractivity (Wildman–Crippen MR) is 173 cm³/mol. The second kappa shape index (κ2) is 8.76. The molecule has 2 aromatic heterocycles. The van der Waals surface area contributed by atoms with Crippen LogP contribution in [0.2, 0.25) is 0 Å². The van der Waals surface area contributed by atoms with Gasteiger partial charge in [-0.1, -0.05) is 74.5 Å². The van der Waals surface area contributed by atoms with Gasteiger partial charge in [-0.25, -0.2) is 9.97 Å². The molecule has 43 heavy (non-hydrogen) atoms. The molecule has 4 heteroatoms. The molecular weight excluding hydrogens is 528 g/mol. The highest BCUT2D eigenvalue weighted by atomic mass is 16.4. The quantitative estimate of drug-likeness (QED) is 0.218. The first-order valence-electron chi connectivity index (χ1n) is 14.6. The molecule has 0 spiro atoms. The lowest BCUT2D eigenvalue weighted by atomic mass is 9.81. The zero-order valence-corrected chi connectivity index (χ0v) is 23.8. The van der Waals surface area contributed by atoms with Crippen molar-refractivity contribution in [1.82, 2.24) is 9.97 Å². The maximum Gasteiger partial charge on any atom is 0.227 e. The van der Waals surface area contributed by atoms with Crippen LogP contribution in [0.3, 0.4) is 0 Å². The van der Waals surface area contributed by atoms with Crippen LogP contribution in [0.15, 0.2) is 130 Å². The Bertz CT molecular complexity index is 2230. The van der Waals surface area contributed by atoms with Crippen LogP contribution < -0.4 is 0 Å². The SMILES string of the molecule is CC1(C)c2cc(-c3cc(-c4nc5ccccc5o4)cc(-c4nc5ccccc5o4)c3)ccc2-c2cc3ccccc3cc21. The third-order valence-electron chi connectivity index (χ3n) is 8.89. The molecule has 4 nitrogen and oxygen atoms in total. The number of rotatable bonds is 3. The monoisotopic (exact) mass is 554 g/mol. The van der Waals surface area contributed by atoms with E-state index in [1.807, 2.05) is 48.5 Å². The summed E-state index contributed by atoms with van der Waals surface area (Å²) in [5.41, 5.74) is 12.3. The molecule has 0 saturated heterocycles. The summed E-state index contributed by atoms with van der Waals surface area (Å²) >= 11 is 0. The third-order valence-corrected chi connectivity index (χ3v) is 8.89. The van der Waals surface area contributed by atoms with Crippen LogP contribution in [-0.2, 0) is 5.41 Å². The number of aromatic nitrogens is 2. The Labute approximate surface area is 248 Å². The first-order valence-corrected chi connectivity index (χ1v) is 14.6. The standard InChI is InChI=1S/C39H26N2O2/c1-39(2)31-22-25(15-16-29(31)30-20-23-9-3-4-10-24(23)21-32(30)39)26-17-27(37-40-33-11-5-7-13-35(33)42-37)19-28(18-26)38-41-34-12-6-8-14-36(34)43-38/h3-22H,1-2H3. The summed E-state index contributed by atoms with van der Waals surface area (Å²) in [5.74, 6) is 1.14. The van der Waals surface area contributed by atoms with Gasteiger partial charge in [-0.2, -0.15) is 0 Å². The van der Waals surface area contributed by atoms with Gasteiger partial charge in [0.25, 0.3) is 0 Å². The molecule has 8 aromatic rings. The lowest BCUT2D eigenvalue weighted by molar-refractivity contribution is 0.617. The van der Waals surface area contributed by atoms with Gasteiger partial charge in [0.05, 0.1) is 0 Å². The highest BCUT2D eigenvalue weighted by Crippen LogP contribution is 2.51. The molecule has 0 aliphatic heterocycles. The molecule has 0 saturated carbocycles. The van der Waals surface area contributed by atoms with Crippen LogP contribution in [0.1, 0.15) is 25.0 Å². The van der Waals surface area contributed by atoms with Gasteiger partial charge >= 0.3 is 0 Å². The number of fused-ring (bicyclic) bond motifs is 6. The van der Waals surface area contributed by atoms with E-state index in [0.29, 0.717) is 11.8 Å². The van der Waals surface area contributed by atoms with E-state index in [0.717, 1.165) is 44.5 Å². The van der Waals surface area contributed by atoms with Gasteiger partial charge in [0.1, 0.15) is 11.0 Å². The van der Waals surface area contributed by atoms with Gasteiger partial charge in [0.15, 0.2) is 11.2 Å². The van der Waals surface area contributed by atoms with Crippen molar-refractivity contribution in [3.8, 4) is 45.2 Å². The average molecular weight is 555 g/mol. The normalized spacial score (nSPS) is 13.5. The second-order valence-electron chi connectivity index (χ2n) is 11.9. The third kappa shape index (κ3) is 3.70. The summed E-state index contributed by atoms with van der Waals surface area (Å²) in [5, 5.41) is 2.54. The number of para-hydroxylation sites is 4. The van der Waals surface area contributed by atoms with E-state index >= 15 is 0 Å². The van der Waals surface area contributed by atoms with Gasteiger partial charge in [-0.05, 0) is 105 Å². The van der Waals surface area contributed by atoms with Gasteiger partial charge in [0.2, 0.25) is 11.8 Å². The van der Waals surface area contributed by atoms with Gasteiger partial charge in [0, 0.05) is 16.5 Å². The largest absolute Gasteiger partial charge is 0.436 e. The van der Waals surface area contributed by atoms with E-state index in [-0.39, 0.29) is 5.41 Å². The topological polar surface area (TPSA) is 52.1 Å². The Kier molecular flexibility index (Phi) is 4.92. The van der Waals surface area contributed by atoms with E-state index in [1.54, 1.807) is 0 Å². The second-order valence-corrected chi connectivity index (χ2v) is 11.9. The molecular formula is C39H26N2O2. The van der Waals surface area contributed by atoms with Crippen LogP contribution in [0.4, 0.5) is 0 Å². The number of nitrogens with zero attached hydrogens (tertiary/aromatic N) is 2. The maximum absolute atomic E-state index is 6.22. The highest BCUT2D eigenvalue weighted by molar-refractivity contribution is 5.94. The van der Waals surface area contributed by atoms with Crippen LogP contribution in [0.5, 0.6) is 0 Å². The molecule has 2 heterocycles. The highest BCUT2D eigenvalue weighted by Gasteiger charge is 2.36. The molecule has 0 N–H and O–H groups in total. The number of hydrogen-bond donors (Lipinski definition) is 0. The molecule has 204 valence electrons. The van der Waals surface area contributed by atoms with Crippen molar-refractivity contribution < 1.29 is 8.83 Å². The molecule has 9 rings (SSSR count). The summed E-state index contributed by atoms with van der Waals surface area (Å²) in [7, 11) is 0. The summed E-state index contributed by atoms with van der Waals surface area (Å²) in [6, 6.07) is 42.2. The van der Waals surface area contributed by atoms with Crippen LogP contribution in [0.25, 0.3) is 78.1 Å². The summed E-state index contributed by atoms with van der Waals surface area (Å²) in [6.07, 6.45) is 0. The molecule has 0 fully saturated rings. The van der Waals surface area contributed by atoms with E-state index in [9.17, 15) is 0 Å². The zero-order valence-electron chi connectivity index (χ0n) is 23.8. The van der Waals surface area contributed by atoms with Gasteiger partial charge < -0.3 is 8.83 Å². The van der Waals surface area contributed by atoms with Crippen LogP contribution >= 0.6 is 0 Å². The lowest BCUT2D eigenvalue weighted by Crippen LogP contribution is -2.15.